The third-order valence-electron chi connectivity index (χ3n) is 2.49. The number of carbonyl (C=O) groups excluding carboxylic acids is 1. The fraction of sp³-hybridized carbons (Fsp3) is 0.500. The Kier molecular flexibility index (Phi) is 4.92. The zero-order chi connectivity index (χ0) is 12.0. The summed E-state index contributed by atoms with van der Waals surface area (Å²) in [6.07, 6.45) is 4.08. The highest BCUT2D eigenvalue weighted by Crippen LogP contribution is 2.09. The number of carbonyl (C=O) groups is 1. The molecule has 0 aromatic carbocycles. The quantitative estimate of drug-likeness (QED) is 0.813. The average Bonchev–Trinajstić information content (AvgIpc) is 2.29. The SMILES string of the molecule is CC(NCCC(=O)N(C)C)c1ccncc1. The van der Waals surface area contributed by atoms with E-state index in [0.29, 0.717) is 13.0 Å². The molecule has 16 heavy (non-hydrogen) atoms. The molecule has 0 saturated carbocycles. The summed E-state index contributed by atoms with van der Waals surface area (Å²) in [5.74, 6) is 0.148. The second-order valence-corrected chi connectivity index (χ2v) is 3.99. The Labute approximate surface area is 96.7 Å². The van der Waals surface area contributed by atoms with E-state index in [1.165, 1.54) is 5.56 Å². The molecule has 1 rings (SSSR count). The summed E-state index contributed by atoms with van der Waals surface area (Å²) in [6.45, 7) is 2.77. The molecule has 0 radical (unpaired) electrons. The Balaban J connectivity index is 2.31. The smallest absolute Gasteiger partial charge is 0.223 e. The van der Waals surface area contributed by atoms with Gasteiger partial charge in [-0.15, -0.1) is 0 Å². The number of nitrogens with zero attached hydrogens (tertiary/aromatic N) is 2. The molecule has 0 aliphatic carbocycles. The minimum atomic E-state index is 0.148. The Morgan fingerprint density at radius 2 is 2.06 bits per heavy atom. The van der Waals surface area contributed by atoms with Gasteiger partial charge in [0.25, 0.3) is 0 Å². The number of rotatable bonds is 5. The summed E-state index contributed by atoms with van der Waals surface area (Å²) in [5.41, 5.74) is 1.19. The minimum Gasteiger partial charge on any atom is -0.349 e. The maximum atomic E-state index is 11.3. The van der Waals surface area contributed by atoms with Crippen LogP contribution in [0.25, 0.3) is 0 Å². The molecule has 1 amide bonds. The standard InChI is InChI=1S/C12H19N3O/c1-10(11-4-7-13-8-5-11)14-9-6-12(16)15(2)3/h4-5,7-8,10,14H,6,9H2,1-3H3. The first kappa shape index (κ1) is 12.6. The van der Waals surface area contributed by atoms with Crippen molar-refractivity contribution in [3.05, 3.63) is 30.1 Å². The van der Waals surface area contributed by atoms with Crippen LogP contribution in [0, 0.1) is 0 Å². The van der Waals surface area contributed by atoms with Gasteiger partial charge in [0, 0.05) is 45.5 Å². The van der Waals surface area contributed by atoms with Crippen LogP contribution in [0.3, 0.4) is 0 Å². The van der Waals surface area contributed by atoms with E-state index in [2.05, 4.69) is 17.2 Å². The van der Waals surface area contributed by atoms with E-state index in [1.807, 2.05) is 12.1 Å². The van der Waals surface area contributed by atoms with Gasteiger partial charge in [-0.3, -0.25) is 9.78 Å². The Hall–Kier alpha value is -1.42. The zero-order valence-electron chi connectivity index (χ0n) is 10.1. The van der Waals surface area contributed by atoms with Crippen molar-refractivity contribution in [2.75, 3.05) is 20.6 Å². The predicted molar refractivity (Wildman–Crippen MR) is 64.0 cm³/mol. The Morgan fingerprint density at radius 3 is 2.62 bits per heavy atom. The molecule has 1 aromatic heterocycles. The fourth-order valence-corrected chi connectivity index (χ4v) is 1.39. The van der Waals surface area contributed by atoms with Crippen LogP contribution in [-0.2, 0) is 4.79 Å². The summed E-state index contributed by atoms with van der Waals surface area (Å²) in [7, 11) is 3.54. The van der Waals surface area contributed by atoms with Crippen molar-refractivity contribution in [3.63, 3.8) is 0 Å². The second-order valence-electron chi connectivity index (χ2n) is 3.99. The first-order chi connectivity index (χ1) is 7.61. The summed E-state index contributed by atoms with van der Waals surface area (Å²) in [4.78, 5) is 16.9. The molecule has 4 heteroatoms. The number of aromatic nitrogens is 1. The van der Waals surface area contributed by atoms with Gasteiger partial charge in [0.05, 0.1) is 0 Å². The van der Waals surface area contributed by atoms with Crippen molar-refractivity contribution < 1.29 is 4.79 Å². The van der Waals surface area contributed by atoms with Gasteiger partial charge >= 0.3 is 0 Å². The van der Waals surface area contributed by atoms with Gasteiger partial charge in [0.15, 0.2) is 0 Å². The van der Waals surface area contributed by atoms with Crippen LogP contribution >= 0.6 is 0 Å². The summed E-state index contributed by atoms with van der Waals surface area (Å²) < 4.78 is 0. The van der Waals surface area contributed by atoms with Gasteiger partial charge < -0.3 is 10.2 Å². The summed E-state index contributed by atoms with van der Waals surface area (Å²) >= 11 is 0. The van der Waals surface area contributed by atoms with Gasteiger partial charge in [-0.1, -0.05) is 0 Å². The van der Waals surface area contributed by atoms with Crippen LogP contribution in [0.1, 0.15) is 24.9 Å². The van der Waals surface area contributed by atoms with Crippen molar-refractivity contribution in [1.82, 2.24) is 15.2 Å². The van der Waals surface area contributed by atoms with Crippen LogP contribution in [0.2, 0.25) is 0 Å². The van der Waals surface area contributed by atoms with E-state index in [1.54, 1.807) is 31.4 Å². The molecule has 0 saturated heterocycles. The van der Waals surface area contributed by atoms with Crippen molar-refractivity contribution in [3.8, 4) is 0 Å². The molecule has 1 atom stereocenters. The first-order valence-electron chi connectivity index (χ1n) is 5.44. The third kappa shape index (κ3) is 3.98. The van der Waals surface area contributed by atoms with Gasteiger partial charge in [-0.2, -0.15) is 0 Å². The van der Waals surface area contributed by atoms with Crippen molar-refractivity contribution in [1.29, 1.82) is 0 Å². The zero-order valence-corrected chi connectivity index (χ0v) is 10.1. The lowest BCUT2D eigenvalue weighted by atomic mass is 10.1. The molecule has 0 bridgehead atoms. The topological polar surface area (TPSA) is 45.2 Å². The first-order valence-corrected chi connectivity index (χ1v) is 5.44. The maximum absolute atomic E-state index is 11.3. The van der Waals surface area contributed by atoms with Crippen LogP contribution < -0.4 is 5.32 Å². The molecule has 1 aromatic rings. The molecule has 1 N–H and O–H groups in total. The molecule has 0 spiro atoms. The lowest BCUT2D eigenvalue weighted by Gasteiger charge is -2.15. The molecular formula is C12H19N3O. The minimum absolute atomic E-state index is 0.148. The van der Waals surface area contributed by atoms with E-state index in [9.17, 15) is 4.79 Å². The molecule has 0 aliphatic heterocycles. The van der Waals surface area contributed by atoms with Crippen molar-refractivity contribution >= 4 is 5.91 Å². The molecule has 0 fully saturated rings. The maximum Gasteiger partial charge on any atom is 0.223 e. The van der Waals surface area contributed by atoms with E-state index in [4.69, 9.17) is 0 Å². The number of hydrogen-bond acceptors (Lipinski definition) is 3. The Morgan fingerprint density at radius 1 is 1.44 bits per heavy atom. The highest BCUT2D eigenvalue weighted by Gasteiger charge is 2.06. The second kappa shape index (κ2) is 6.23. The molecule has 88 valence electrons. The highest BCUT2D eigenvalue weighted by atomic mass is 16.2. The van der Waals surface area contributed by atoms with Gasteiger partial charge in [0.1, 0.15) is 0 Å². The van der Waals surface area contributed by atoms with Gasteiger partial charge in [-0.25, -0.2) is 0 Å². The lowest BCUT2D eigenvalue weighted by molar-refractivity contribution is -0.128. The molecule has 1 unspecified atom stereocenters. The summed E-state index contributed by atoms with van der Waals surface area (Å²) in [6, 6.07) is 4.20. The fourth-order valence-electron chi connectivity index (χ4n) is 1.39. The molecule has 0 aliphatic rings. The largest absolute Gasteiger partial charge is 0.349 e. The van der Waals surface area contributed by atoms with Crippen LogP contribution in [0.5, 0.6) is 0 Å². The molecular weight excluding hydrogens is 202 g/mol. The molecule has 4 nitrogen and oxygen atoms in total. The average molecular weight is 221 g/mol. The van der Waals surface area contributed by atoms with Crippen molar-refractivity contribution in [2.24, 2.45) is 0 Å². The highest BCUT2D eigenvalue weighted by molar-refractivity contribution is 5.75. The number of hydrogen-bond donors (Lipinski definition) is 1. The number of pyridine rings is 1. The van der Waals surface area contributed by atoms with Gasteiger partial charge in [-0.05, 0) is 24.6 Å². The van der Waals surface area contributed by atoms with Gasteiger partial charge in [0.2, 0.25) is 5.91 Å². The van der Waals surface area contributed by atoms with E-state index in [-0.39, 0.29) is 11.9 Å². The van der Waals surface area contributed by atoms with Crippen LogP contribution in [-0.4, -0.2) is 36.4 Å². The Bertz CT molecular complexity index is 324. The third-order valence-corrected chi connectivity index (χ3v) is 2.49. The van der Waals surface area contributed by atoms with E-state index in [0.717, 1.165) is 0 Å². The van der Waals surface area contributed by atoms with E-state index >= 15 is 0 Å². The van der Waals surface area contributed by atoms with Crippen LogP contribution in [0.15, 0.2) is 24.5 Å². The van der Waals surface area contributed by atoms with Crippen LogP contribution in [0.4, 0.5) is 0 Å². The lowest BCUT2D eigenvalue weighted by Crippen LogP contribution is -2.28. The number of nitrogens with one attached hydrogen (secondary N) is 1. The number of amides is 1. The van der Waals surface area contributed by atoms with Crippen molar-refractivity contribution in [2.45, 2.75) is 19.4 Å². The monoisotopic (exact) mass is 221 g/mol. The summed E-state index contributed by atoms with van der Waals surface area (Å²) in [5, 5.41) is 3.31. The molecule has 1 heterocycles. The predicted octanol–water partition coefficient (Wildman–Crippen LogP) is 1.21. The normalized spacial score (nSPS) is 12.2. The van der Waals surface area contributed by atoms with E-state index < -0.39 is 0 Å².